The van der Waals surface area contributed by atoms with Gasteiger partial charge in [-0.1, -0.05) is 12.8 Å². The topological polar surface area (TPSA) is 75.3 Å². The Bertz CT molecular complexity index is 413. The lowest BCUT2D eigenvalue weighted by atomic mass is 10.0. The van der Waals surface area contributed by atoms with Crippen LogP contribution in [-0.4, -0.2) is 44.0 Å². The molecule has 18 heavy (non-hydrogen) atoms. The minimum absolute atomic E-state index is 0.0449. The van der Waals surface area contributed by atoms with E-state index in [0.29, 0.717) is 6.42 Å². The van der Waals surface area contributed by atoms with Crippen molar-refractivity contribution in [2.24, 2.45) is 0 Å². The van der Waals surface area contributed by atoms with Gasteiger partial charge in [-0.05, 0) is 32.7 Å². The first-order valence-corrected chi connectivity index (χ1v) is 8.48. The van der Waals surface area contributed by atoms with Gasteiger partial charge in [0.25, 0.3) is 0 Å². The summed E-state index contributed by atoms with van der Waals surface area (Å²) in [4.78, 5) is 12.2. The van der Waals surface area contributed by atoms with Crippen molar-refractivity contribution in [1.82, 2.24) is 10.6 Å². The van der Waals surface area contributed by atoms with Crippen molar-refractivity contribution in [3.8, 4) is 0 Å². The van der Waals surface area contributed by atoms with Crippen LogP contribution in [0.4, 0.5) is 0 Å². The minimum atomic E-state index is -2.97. The molecule has 1 amide bonds. The SMILES string of the molecule is CC1(NC(=O)C2CCCCCN2)CCS(=O)(=O)C1. The van der Waals surface area contributed by atoms with Gasteiger partial charge < -0.3 is 10.6 Å². The number of hydrogen-bond acceptors (Lipinski definition) is 4. The van der Waals surface area contributed by atoms with Crippen molar-refractivity contribution in [1.29, 1.82) is 0 Å². The lowest BCUT2D eigenvalue weighted by Crippen LogP contribution is -2.53. The zero-order valence-electron chi connectivity index (χ0n) is 10.9. The van der Waals surface area contributed by atoms with Gasteiger partial charge in [-0.3, -0.25) is 4.79 Å². The normalized spacial score (nSPS) is 35.9. The smallest absolute Gasteiger partial charge is 0.237 e. The molecule has 2 fully saturated rings. The highest BCUT2D eigenvalue weighted by molar-refractivity contribution is 7.91. The van der Waals surface area contributed by atoms with Crippen LogP contribution in [-0.2, 0) is 14.6 Å². The van der Waals surface area contributed by atoms with Crippen LogP contribution >= 0.6 is 0 Å². The van der Waals surface area contributed by atoms with Gasteiger partial charge in [-0.25, -0.2) is 8.42 Å². The molecule has 2 N–H and O–H groups in total. The van der Waals surface area contributed by atoms with Crippen LogP contribution in [0.1, 0.15) is 39.0 Å². The Balaban J connectivity index is 1.94. The molecular formula is C12H22N2O3S. The van der Waals surface area contributed by atoms with Crippen molar-refractivity contribution in [2.45, 2.75) is 50.6 Å². The van der Waals surface area contributed by atoms with E-state index >= 15 is 0 Å². The number of rotatable bonds is 2. The second-order valence-electron chi connectivity index (χ2n) is 5.75. The summed E-state index contributed by atoms with van der Waals surface area (Å²) in [5.74, 6) is 0.205. The predicted molar refractivity (Wildman–Crippen MR) is 70.1 cm³/mol. The first-order valence-electron chi connectivity index (χ1n) is 6.66. The first-order chi connectivity index (χ1) is 8.40. The van der Waals surface area contributed by atoms with E-state index in [1.807, 2.05) is 6.92 Å². The van der Waals surface area contributed by atoms with Gasteiger partial charge in [0.05, 0.1) is 23.1 Å². The Morgan fingerprint density at radius 3 is 2.78 bits per heavy atom. The molecule has 104 valence electrons. The van der Waals surface area contributed by atoms with E-state index < -0.39 is 15.4 Å². The third-order valence-corrected chi connectivity index (χ3v) is 5.71. The second kappa shape index (κ2) is 5.17. The molecule has 5 nitrogen and oxygen atoms in total. The van der Waals surface area contributed by atoms with Crippen LogP contribution in [0.2, 0.25) is 0 Å². The Morgan fingerprint density at radius 1 is 1.33 bits per heavy atom. The molecule has 0 aromatic rings. The van der Waals surface area contributed by atoms with E-state index in [4.69, 9.17) is 0 Å². The van der Waals surface area contributed by atoms with Crippen LogP contribution in [0, 0.1) is 0 Å². The van der Waals surface area contributed by atoms with Gasteiger partial charge in [0, 0.05) is 0 Å². The van der Waals surface area contributed by atoms with E-state index in [-0.39, 0.29) is 23.5 Å². The summed E-state index contributed by atoms with van der Waals surface area (Å²) in [6, 6.07) is -0.160. The summed E-state index contributed by atoms with van der Waals surface area (Å²) in [5, 5.41) is 6.16. The average Bonchev–Trinajstić information content (AvgIpc) is 2.49. The third kappa shape index (κ3) is 3.45. The van der Waals surface area contributed by atoms with Gasteiger partial charge in [-0.2, -0.15) is 0 Å². The fourth-order valence-electron chi connectivity index (χ4n) is 2.75. The van der Waals surface area contributed by atoms with Gasteiger partial charge in [-0.15, -0.1) is 0 Å². The Labute approximate surface area is 109 Å². The highest BCUT2D eigenvalue weighted by Crippen LogP contribution is 2.23. The number of carbonyl (C=O) groups is 1. The molecule has 2 atom stereocenters. The summed E-state index contributed by atoms with van der Waals surface area (Å²) in [5.41, 5.74) is -0.579. The molecule has 2 saturated heterocycles. The molecule has 0 aliphatic carbocycles. The Morgan fingerprint density at radius 2 is 2.11 bits per heavy atom. The van der Waals surface area contributed by atoms with Crippen LogP contribution in [0.3, 0.4) is 0 Å². The number of nitrogens with one attached hydrogen (secondary N) is 2. The number of sulfone groups is 1. The molecule has 0 spiro atoms. The molecule has 0 saturated carbocycles. The van der Waals surface area contributed by atoms with E-state index in [1.165, 1.54) is 0 Å². The largest absolute Gasteiger partial charge is 0.349 e. The second-order valence-corrected chi connectivity index (χ2v) is 7.93. The van der Waals surface area contributed by atoms with Crippen molar-refractivity contribution >= 4 is 15.7 Å². The maximum atomic E-state index is 12.2. The molecule has 2 aliphatic rings. The molecule has 2 unspecified atom stereocenters. The maximum Gasteiger partial charge on any atom is 0.237 e. The minimum Gasteiger partial charge on any atom is -0.349 e. The number of hydrogen-bond donors (Lipinski definition) is 2. The lowest BCUT2D eigenvalue weighted by molar-refractivity contribution is -0.124. The van der Waals surface area contributed by atoms with E-state index in [9.17, 15) is 13.2 Å². The highest BCUT2D eigenvalue weighted by atomic mass is 32.2. The summed E-state index contributed by atoms with van der Waals surface area (Å²) < 4.78 is 23.0. The van der Waals surface area contributed by atoms with E-state index in [0.717, 1.165) is 32.2 Å². The Hall–Kier alpha value is -0.620. The monoisotopic (exact) mass is 274 g/mol. The zero-order chi connectivity index (χ0) is 13.2. The van der Waals surface area contributed by atoms with Crippen molar-refractivity contribution in [2.75, 3.05) is 18.1 Å². The fraction of sp³-hybridized carbons (Fsp3) is 0.917. The molecule has 0 radical (unpaired) electrons. The number of carbonyl (C=O) groups excluding carboxylic acids is 1. The molecule has 0 bridgehead atoms. The summed E-state index contributed by atoms with van der Waals surface area (Å²) >= 11 is 0. The van der Waals surface area contributed by atoms with Gasteiger partial charge in [0.15, 0.2) is 9.84 Å². The summed E-state index contributed by atoms with van der Waals surface area (Å²) in [6.45, 7) is 2.69. The van der Waals surface area contributed by atoms with E-state index in [1.54, 1.807) is 0 Å². The van der Waals surface area contributed by atoms with Crippen LogP contribution in [0.15, 0.2) is 0 Å². The fourth-order valence-corrected chi connectivity index (χ4v) is 4.84. The first kappa shape index (κ1) is 13.8. The number of amides is 1. The molecule has 2 aliphatic heterocycles. The predicted octanol–water partition coefficient (Wildman–Crippen LogP) is 0.212. The summed E-state index contributed by atoms with van der Waals surface area (Å²) in [7, 11) is -2.97. The van der Waals surface area contributed by atoms with Gasteiger partial charge in [0.2, 0.25) is 5.91 Å². The van der Waals surface area contributed by atoms with Gasteiger partial charge >= 0.3 is 0 Å². The molecule has 6 heteroatoms. The standard InChI is InChI=1S/C12H22N2O3S/c1-12(6-8-18(16,17)9-12)14-11(15)10-5-3-2-4-7-13-10/h10,13H,2-9H2,1H3,(H,14,15). The molecular weight excluding hydrogens is 252 g/mol. The molecule has 0 aromatic heterocycles. The maximum absolute atomic E-state index is 12.2. The van der Waals surface area contributed by atoms with Crippen LogP contribution in [0.25, 0.3) is 0 Å². The Kier molecular flexibility index (Phi) is 3.96. The van der Waals surface area contributed by atoms with Crippen molar-refractivity contribution in [3.63, 3.8) is 0 Å². The van der Waals surface area contributed by atoms with Crippen molar-refractivity contribution in [3.05, 3.63) is 0 Å². The molecule has 0 aromatic carbocycles. The average molecular weight is 274 g/mol. The molecule has 2 rings (SSSR count). The third-order valence-electron chi connectivity index (χ3n) is 3.81. The van der Waals surface area contributed by atoms with Crippen LogP contribution in [0.5, 0.6) is 0 Å². The van der Waals surface area contributed by atoms with Crippen molar-refractivity contribution < 1.29 is 13.2 Å². The van der Waals surface area contributed by atoms with E-state index in [2.05, 4.69) is 10.6 Å². The zero-order valence-corrected chi connectivity index (χ0v) is 11.7. The molecule has 2 heterocycles. The van der Waals surface area contributed by atoms with Gasteiger partial charge in [0.1, 0.15) is 0 Å². The summed E-state index contributed by atoms with van der Waals surface area (Å²) in [6.07, 6.45) is 4.68. The van der Waals surface area contributed by atoms with Crippen LogP contribution < -0.4 is 10.6 Å². The quantitative estimate of drug-likeness (QED) is 0.755. The highest BCUT2D eigenvalue weighted by Gasteiger charge is 2.40. The lowest BCUT2D eigenvalue weighted by Gasteiger charge is -2.27.